The van der Waals surface area contributed by atoms with Crippen molar-refractivity contribution in [2.45, 2.75) is 25.7 Å². The summed E-state index contributed by atoms with van der Waals surface area (Å²) in [5.74, 6) is 0.910. The first-order valence-corrected chi connectivity index (χ1v) is 12.2. The van der Waals surface area contributed by atoms with Gasteiger partial charge in [-0.15, -0.1) is 11.3 Å². The summed E-state index contributed by atoms with van der Waals surface area (Å²) in [6, 6.07) is 14.6. The van der Waals surface area contributed by atoms with E-state index in [0.717, 1.165) is 56.9 Å². The Balaban J connectivity index is 1.06. The molecule has 2 aliphatic rings. The van der Waals surface area contributed by atoms with Crippen LogP contribution in [0.4, 0.5) is 11.4 Å². The Kier molecular flexibility index (Phi) is 6.36. The van der Waals surface area contributed by atoms with E-state index in [9.17, 15) is 4.79 Å². The molecule has 7 heteroatoms. The van der Waals surface area contributed by atoms with Crippen LogP contribution in [0.3, 0.4) is 0 Å². The van der Waals surface area contributed by atoms with Gasteiger partial charge >= 0.3 is 0 Å². The molecule has 2 aliphatic heterocycles. The molecular weight excluding hydrogens is 420 g/mol. The lowest BCUT2D eigenvalue weighted by molar-refractivity contribution is -0.116. The number of ether oxygens (including phenoxy) is 1. The summed E-state index contributed by atoms with van der Waals surface area (Å²) >= 11 is 1.77. The fourth-order valence-electron chi connectivity index (χ4n) is 4.29. The van der Waals surface area contributed by atoms with E-state index in [2.05, 4.69) is 50.9 Å². The monoisotopic (exact) mass is 448 g/mol. The number of unbranched alkanes of at least 4 members (excludes halogenated alkanes) is 1. The Hall–Kier alpha value is -2.90. The minimum absolute atomic E-state index is 0.0845. The Morgan fingerprint density at radius 2 is 2.06 bits per heavy atom. The smallest absolute Gasteiger partial charge is 0.224 e. The predicted molar refractivity (Wildman–Crippen MR) is 132 cm³/mol. The van der Waals surface area contributed by atoms with Gasteiger partial charge in [-0.1, -0.05) is 12.1 Å². The second kappa shape index (κ2) is 9.71. The van der Waals surface area contributed by atoms with Crippen LogP contribution in [0.15, 0.2) is 52.9 Å². The van der Waals surface area contributed by atoms with Gasteiger partial charge in [-0.2, -0.15) is 5.10 Å². The molecule has 0 aliphatic carbocycles. The van der Waals surface area contributed by atoms with E-state index in [4.69, 9.17) is 9.84 Å². The van der Waals surface area contributed by atoms with E-state index < -0.39 is 0 Å². The number of amides is 1. The zero-order chi connectivity index (χ0) is 21.8. The topological polar surface area (TPSA) is 57.2 Å². The molecule has 32 heavy (non-hydrogen) atoms. The third-order valence-electron chi connectivity index (χ3n) is 6.05. The van der Waals surface area contributed by atoms with Gasteiger partial charge in [0.05, 0.1) is 18.8 Å². The Morgan fingerprint density at radius 3 is 3.03 bits per heavy atom. The van der Waals surface area contributed by atoms with Gasteiger partial charge in [0.1, 0.15) is 5.75 Å². The largest absolute Gasteiger partial charge is 0.494 e. The minimum Gasteiger partial charge on any atom is -0.494 e. The van der Waals surface area contributed by atoms with E-state index in [1.165, 1.54) is 21.3 Å². The molecule has 166 valence electrons. The molecule has 1 N–H and O–H groups in total. The number of rotatable bonds is 7. The molecule has 3 aromatic rings. The average Bonchev–Trinajstić information content (AvgIpc) is 3.17. The molecule has 1 aromatic heterocycles. The van der Waals surface area contributed by atoms with E-state index in [1.54, 1.807) is 11.3 Å². The Labute approximate surface area is 192 Å². The third-order valence-corrected chi connectivity index (χ3v) is 6.94. The Bertz CT molecular complexity index is 1130. The lowest BCUT2D eigenvalue weighted by atomic mass is 10.0. The zero-order valence-corrected chi connectivity index (χ0v) is 18.9. The van der Waals surface area contributed by atoms with Crippen molar-refractivity contribution in [2.75, 3.05) is 43.1 Å². The maximum atomic E-state index is 11.6. The van der Waals surface area contributed by atoms with Gasteiger partial charge in [0.25, 0.3) is 0 Å². The number of fused-ring (bicyclic) bond motifs is 2. The highest BCUT2D eigenvalue weighted by molar-refractivity contribution is 7.17. The maximum absolute atomic E-state index is 11.6. The van der Waals surface area contributed by atoms with Crippen molar-refractivity contribution in [3.63, 3.8) is 0 Å². The van der Waals surface area contributed by atoms with Crippen molar-refractivity contribution < 1.29 is 9.53 Å². The van der Waals surface area contributed by atoms with Crippen LogP contribution in [-0.2, 0) is 11.2 Å². The molecule has 0 spiro atoms. The number of carbonyl (C=O) groups is 1. The summed E-state index contributed by atoms with van der Waals surface area (Å²) in [5.41, 5.74) is 3.27. The molecule has 0 atom stereocenters. The summed E-state index contributed by atoms with van der Waals surface area (Å²) in [7, 11) is 0. The van der Waals surface area contributed by atoms with Crippen LogP contribution in [0.5, 0.6) is 5.75 Å². The van der Waals surface area contributed by atoms with Crippen LogP contribution >= 0.6 is 11.3 Å². The summed E-state index contributed by atoms with van der Waals surface area (Å²) in [4.78, 5) is 14.0. The number of carbonyl (C=O) groups excluding carboxylic acids is 1. The van der Waals surface area contributed by atoms with Crippen LogP contribution in [0.1, 0.15) is 24.8 Å². The van der Waals surface area contributed by atoms with Crippen molar-refractivity contribution in [3.05, 3.63) is 53.4 Å². The van der Waals surface area contributed by atoms with Crippen molar-refractivity contribution >= 4 is 44.9 Å². The summed E-state index contributed by atoms with van der Waals surface area (Å²) in [6.45, 7) is 4.48. The molecule has 0 fully saturated rings. The van der Waals surface area contributed by atoms with Gasteiger partial charge in [0.15, 0.2) is 0 Å². The SMILES string of the molecule is O=C1CCc2ccc(OCCCCN3CC=NN(c4cccc5sccc45)CC3)cc2N1. The van der Waals surface area contributed by atoms with Crippen molar-refractivity contribution in [1.29, 1.82) is 0 Å². The second-order valence-corrected chi connectivity index (χ2v) is 9.20. The number of hydrogen-bond acceptors (Lipinski definition) is 6. The van der Waals surface area contributed by atoms with Crippen LogP contribution < -0.4 is 15.1 Å². The standard InChI is InChI=1S/C25H28N4O2S/c30-25-9-7-19-6-8-20(18-22(19)27-25)31-16-2-1-12-28-13-11-26-29(15-14-28)23-4-3-5-24-21(23)10-17-32-24/h3-6,8,10-11,17-18H,1-2,7,9,12-16H2,(H,27,30). The molecule has 0 radical (unpaired) electrons. The number of hydrazone groups is 1. The molecule has 2 aromatic carbocycles. The second-order valence-electron chi connectivity index (χ2n) is 8.25. The molecular formula is C25H28N4O2S. The van der Waals surface area contributed by atoms with Gasteiger partial charge < -0.3 is 10.1 Å². The molecule has 3 heterocycles. The van der Waals surface area contributed by atoms with Crippen LogP contribution in [0.25, 0.3) is 10.1 Å². The first kappa shape index (κ1) is 21.0. The van der Waals surface area contributed by atoms with E-state index >= 15 is 0 Å². The number of hydrogen-bond donors (Lipinski definition) is 1. The minimum atomic E-state index is 0.0845. The van der Waals surface area contributed by atoms with Gasteiger partial charge in [-0.25, -0.2) is 0 Å². The number of anilines is 2. The summed E-state index contributed by atoms with van der Waals surface area (Å²) < 4.78 is 7.23. The number of thiophene rings is 1. The van der Waals surface area contributed by atoms with Crippen LogP contribution in [-0.4, -0.2) is 49.8 Å². The molecule has 0 saturated carbocycles. The molecule has 0 unspecified atom stereocenters. The highest BCUT2D eigenvalue weighted by Gasteiger charge is 2.16. The molecule has 0 saturated heterocycles. The number of nitrogens with zero attached hydrogens (tertiary/aromatic N) is 3. The predicted octanol–water partition coefficient (Wildman–Crippen LogP) is 4.75. The third kappa shape index (κ3) is 4.79. The molecule has 5 rings (SSSR count). The maximum Gasteiger partial charge on any atom is 0.224 e. The van der Waals surface area contributed by atoms with Crippen molar-refractivity contribution in [2.24, 2.45) is 5.10 Å². The lowest BCUT2D eigenvalue weighted by Gasteiger charge is -2.22. The number of benzene rings is 2. The first-order chi connectivity index (χ1) is 15.8. The van der Waals surface area contributed by atoms with Crippen LogP contribution in [0, 0.1) is 0 Å². The zero-order valence-electron chi connectivity index (χ0n) is 18.1. The highest BCUT2D eigenvalue weighted by Crippen LogP contribution is 2.31. The van der Waals surface area contributed by atoms with E-state index in [0.29, 0.717) is 13.0 Å². The molecule has 1 amide bonds. The summed E-state index contributed by atoms with van der Waals surface area (Å²) in [6.07, 6.45) is 5.47. The molecule has 6 nitrogen and oxygen atoms in total. The number of nitrogens with one attached hydrogen (secondary N) is 1. The van der Waals surface area contributed by atoms with E-state index in [1.807, 2.05) is 18.3 Å². The lowest BCUT2D eigenvalue weighted by Crippen LogP contribution is -2.31. The average molecular weight is 449 g/mol. The van der Waals surface area contributed by atoms with E-state index in [-0.39, 0.29) is 5.91 Å². The Morgan fingerprint density at radius 1 is 1.09 bits per heavy atom. The number of aryl methyl sites for hydroxylation is 1. The van der Waals surface area contributed by atoms with Gasteiger partial charge in [0, 0.05) is 47.6 Å². The quantitative estimate of drug-likeness (QED) is 0.530. The van der Waals surface area contributed by atoms with Gasteiger partial charge in [0.2, 0.25) is 5.91 Å². The molecule has 0 bridgehead atoms. The van der Waals surface area contributed by atoms with Crippen molar-refractivity contribution in [3.8, 4) is 5.75 Å². The van der Waals surface area contributed by atoms with Gasteiger partial charge in [-0.3, -0.25) is 14.7 Å². The normalized spacial score (nSPS) is 16.6. The summed E-state index contributed by atoms with van der Waals surface area (Å²) in [5, 5.41) is 13.2. The van der Waals surface area contributed by atoms with Crippen LogP contribution in [0.2, 0.25) is 0 Å². The first-order valence-electron chi connectivity index (χ1n) is 11.3. The fourth-order valence-corrected chi connectivity index (χ4v) is 5.10. The highest BCUT2D eigenvalue weighted by atomic mass is 32.1. The van der Waals surface area contributed by atoms with Gasteiger partial charge in [-0.05, 0) is 61.0 Å². The van der Waals surface area contributed by atoms with Crippen molar-refractivity contribution in [1.82, 2.24) is 4.90 Å². The fraction of sp³-hybridized carbons (Fsp3) is 0.360.